The molecule has 0 unspecified atom stereocenters. The van der Waals surface area contributed by atoms with Crippen LogP contribution in [0.25, 0.3) is 11.0 Å². The second-order valence-corrected chi connectivity index (χ2v) is 6.50. The summed E-state index contributed by atoms with van der Waals surface area (Å²) in [6.07, 6.45) is 0. The van der Waals surface area contributed by atoms with Gasteiger partial charge in [-0.05, 0) is 12.1 Å². The number of carbonyl (C=O) groups excluding carboxylic acids is 2. The molecule has 0 saturated heterocycles. The van der Waals surface area contributed by atoms with Gasteiger partial charge in [-0.3, -0.25) is 9.59 Å². The maximum Gasteiger partial charge on any atom is 0.345 e. The molecule has 0 fully saturated rings. The van der Waals surface area contributed by atoms with Crippen LogP contribution >= 0.6 is 0 Å². The molecule has 2 heterocycles. The van der Waals surface area contributed by atoms with E-state index in [1.165, 1.54) is 12.1 Å². The highest BCUT2D eigenvalue weighted by Gasteiger charge is 2.63. The summed E-state index contributed by atoms with van der Waals surface area (Å²) >= 11 is 0. The van der Waals surface area contributed by atoms with E-state index in [1.54, 1.807) is 42.5 Å². The predicted octanol–water partition coefficient (Wildman–Crippen LogP) is 2.20. The summed E-state index contributed by atoms with van der Waals surface area (Å²) in [5.41, 5.74) is 2.55. The lowest BCUT2D eigenvalue weighted by atomic mass is 9.69. The molecule has 5 rings (SSSR count). The van der Waals surface area contributed by atoms with Crippen LogP contribution in [0.15, 0.2) is 69.2 Å². The van der Waals surface area contributed by atoms with Gasteiger partial charge in [0.15, 0.2) is 22.7 Å². The number of allylic oxidation sites excluding steroid dienone is 1. The number of Topliss-reactive ketones (excluding diaryl/α,β-unsaturated/α-hetero) is 2. The summed E-state index contributed by atoms with van der Waals surface area (Å²) in [6.45, 7) is 0. The Morgan fingerprint density at radius 3 is 2.18 bits per heavy atom. The molecular weight excluding hydrogens is 360 g/mol. The molecule has 0 atom stereocenters. The van der Waals surface area contributed by atoms with Crippen LogP contribution in [0.4, 0.5) is 0 Å². The van der Waals surface area contributed by atoms with E-state index >= 15 is 0 Å². The average molecular weight is 370 g/mol. The monoisotopic (exact) mass is 370 g/mol. The summed E-state index contributed by atoms with van der Waals surface area (Å²) in [4.78, 5) is 39.8. The number of carbonyl (C=O) groups is 2. The molecule has 0 saturated carbocycles. The Kier molecular flexibility index (Phi) is 2.96. The normalized spacial score (nSPS) is 16.7. The Bertz CT molecular complexity index is 1340. The van der Waals surface area contributed by atoms with Crippen molar-refractivity contribution in [3.63, 3.8) is 0 Å². The number of fused-ring (bicyclic) bond motifs is 5. The maximum atomic E-state index is 13.5. The lowest BCUT2D eigenvalue weighted by Crippen LogP contribution is -2.47. The van der Waals surface area contributed by atoms with E-state index in [0.29, 0.717) is 5.39 Å². The molecule has 3 aromatic rings. The zero-order chi connectivity index (χ0) is 19.6. The van der Waals surface area contributed by atoms with Gasteiger partial charge in [-0.1, -0.05) is 36.4 Å². The molecule has 28 heavy (non-hydrogen) atoms. The van der Waals surface area contributed by atoms with E-state index in [0.717, 1.165) is 0 Å². The Hall–Kier alpha value is -4.18. The molecule has 1 spiro atoms. The van der Waals surface area contributed by atoms with Crippen LogP contribution in [0.2, 0.25) is 0 Å². The van der Waals surface area contributed by atoms with Crippen molar-refractivity contribution >= 4 is 22.5 Å². The number of ketones is 2. The molecule has 7 heteroatoms. The Labute approximate surface area is 157 Å². The summed E-state index contributed by atoms with van der Waals surface area (Å²) in [6, 6.07) is 14.5. The number of nitrogens with zero attached hydrogens (tertiary/aromatic N) is 1. The van der Waals surface area contributed by atoms with Gasteiger partial charge in [-0.15, -0.1) is 0 Å². The van der Waals surface area contributed by atoms with Gasteiger partial charge in [0.2, 0.25) is 5.88 Å². The van der Waals surface area contributed by atoms with Crippen LogP contribution in [0.1, 0.15) is 26.3 Å². The lowest BCUT2D eigenvalue weighted by Gasteiger charge is -2.31. The van der Waals surface area contributed by atoms with Gasteiger partial charge in [-0.25, -0.2) is 4.79 Å². The van der Waals surface area contributed by atoms with Crippen LogP contribution < -0.4 is 16.1 Å². The molecule has 134 valence electrons. The van der Waals surface area contributed by atoms with E-state index in [-0.39, 0.29) is 33.9 Å². The Balaban J connectivity index is 2.00. The van der Waals surface area contributed by atoms with Crippen LogP contribution in [-0.2, 0) is 5.41 Å². The molecule has 7 nitrogen and oxygen atoms in total. The third kappa shape index (κ3) is 1.65. The van der Waals surface area contributed by atoms with Crippen molar-refractivity contribution < 1.29 is 18.7 Å². The molecule has 1 aliphatic heterocycles. The number of ether oxygens (including phenoxy) is 1. The first kappa shape index (κ1) is 16.0. The quantitative estimate of drug-likeness (QED) is 0.475. The topological polar surface area (TPSA) is 123 Å². The Morgan fingerprint density at radius 1 is 0.929 bits per heavy atom. The summed E-state index contributed by atoms with van der Waals surface area (Å²) in [5, 5.41) is 10.1. The molecular formula is C21H10N2O5. The number of hydrogen-bond acceptors (Lipinski definition) is 7. The fraction of sp³-hybridized carbons (Fsp3) is 0.0476. The van der Waals surface area contributed by atoms with Gasteiger partial charge in [0.05, 0.1) is 5.39 Å². The van der Waals surface area contributed by atoms with Gasteiger partial charge in [0.1, 0.15) is 22.8 Å². The van der Waals surface area contributed by atoms with Gasteiger partial charge in [-0.2, -0.15) is 5.26 Å². The van der Waals surface area contributed by atoms with Gasteiger partial charge >= 0.3 is 5.63 Å². The van der Waals surface area contributed by atoms with Crippen molar-refractivity contribution in [2.24, 2.45) is 5.73 Å². The number of nitriles is 1. The van der Waals surface area contributed by atoms with Crippen LogP contribution in [-0.4, -0.2) is 11.6 Å². The summed E-state index contributed by atoms with van der Waals surface area (Å²) in [5.74, 6) is -1.82. The molecule has 2 aromatic carbocycles. The summed E-state index contributed by atoms with van der Waals surface area (Å²) < 4.78 is 10.9. The molecule has 0 radical (unpaired) electrons. The fourth-order valence-electron chi connectivity index (χ4n) is 4.00. The highest BCUT2D eigenvalue weighted by atomic mass is 16.5. The number of rotatable bonds is 0. The van der Waals surface area contributed by atoms with Crippen molar-refractivity contribution in [2.45, 2.75) is 5.41 Å². The van der Waals surface area contributed by atoms with Crippen molar-refractivity contribution in [2.75, 3.05) is 0 Å². The highest BCUT2D eigenvalue weighted by Crippen LogP contribution is 2.51. The minimum Gasteiger partial charge on any atom is -0.439 e. The SMILES string of the molecule is N#CC1=C(N)Oc2c(c(=O)oc3ccccc23)C12C(=O)c1ccccc1C2=O. The average Bonchev–Trinajstić information content (AvgIpc) is 2.91. The minimum atomic E-state index is -2.21. The molecule has 0 bridgehead atoms. The van der Waals surface area contributed by atoms with Crippen LogP contribution in [0.5, 0.6) is 5.75 Å². The Morgan fingerprint density at radius 2 is 1.54 bits per heavy atom. The molecule has 1 aromatic heterocycles. The van der Waals surface area contributed by atoms with E-state index < -0.39 is 28.2 Å². The zero-order valence-corrected chi connectivity index (χ0v) is 14.2. The number of para-hydroxylation sites is 1. The van der Waals surface area contributed by atoms with Crippen LogP contribution in [0.3, 0.4) is 0 Å². The standard InChI is InChI=1S/C21H10N2O5/c22-9-13-19(23)28-16-12-7-3-4-8-14(12)27-20(26)15(16)21(13)17(24)10-5-1-2-6-11(10)18(21)25/h1-8H,23H2. The van der Waals surface area contributed by atoms with Crippen molar-refractivity contribution in [1.29, 1.82) is 5.26 Å². The van der Waals surface area contributed by atoms with E-state index in [1.807, 2.05) is 0 Å². The van der Waals surface area contributed by atoms with Crippen molar-refractivity contribution in [1.82, 2.24) is 0 Å². The fourth-order valence-corrected chi connectivity index (χ4v) is 4.00. The first-order chi connectivity index (χ1) is 13.5. The van der Waals surface area contributed by atoms with Gasteiger partial charge in [0.25, 0.3) is 0 Å². The smallest absolute Gasteiger partial charge is 0.345 e. The van der Waals surface area contributed by atoms with Gasteiger partial charge in [0, 0.05) is 11.1 Å². The van der Waals surface area contributed by atoms with E-state index in [9.17, 15) is 19.6 Å². The van der Waals surface area contributed by atoms with E-state index in [2.05, 4.69) is 0 Å². The summed E-state index contributed by atoms with van der Waals surface area (Å²) in [7, 11) is 0. The molecule has 1 aliphatic carbocycles. The minimum absolute atomic E-state index is 0.0437. The maximum absolute atomic E-state index is 13.5. The third-order valence-corrected chi connectivity index (χ3v) is 5.18. The molecule has 0 amide bonds. The molecule has 2 aliphatic rings. The second kappa shape index (κ2) is 5.18. The number of benzene rings is 2. The number of nitrogens with two attached hydrogens (primary N) is 1. The van der Waals surface area contributed by atoms with Crippen molar-refractivity contribution in [3.05, 3.63) is 87.1 Å². The lowest BCUT2D eigenvalue weighted by molar-refractivity contribution is 0.0813. The van der Waals surface area contributed by atoms with Crippen molar-refractivity contribution in [3.8, 4) is 11.8 Å². The largest absolute Gasteiger partial charge is 0.439 e. The van der Waals surface area contributed by atoms with E-state index in [4.69, 9.17) is 14.9 Å². The zero-order valence-electron chi connectivity index (χ0n) is 14.2. The van der Waals surface area contributed by atoms with Gasteiger partial charge < -0.3 is 14.9 Å². The first-order valence-corrected chi connectivity index (χ1v) is 8.35. The molecule has 2 N–H and O–H groups in total. The highest BCUT2D eigenvalue weighted by molar-refractivity contribution is 6.36. The van der Waals surface area contributed by atoms with Crippen LogP contribution in [0, 0.1) is 11.3 Å². The third-order valence-electron chi connectivity index (χ3n) is 5.18. The predicted molar refractivity (Wildman–Crippen MR) is 96.7 cm³/mol. The first-order valence-electron chi connectivity index (χ1n) is 8.35. The second-order valence-electron chi connectivity index (χ2n) is 6.50. The number of hydrogen-bond donors (Lipinski definition) is 1.